The van der Waals surface area contributed by atoms with Gasteiger partial charge in [-0.2, -0.15) is 0 Å². The Bertz CT molecular complexity index is 1160. The van der Waals surface area contributed by atoms with Crippen LogP contribution in [-0.2, 0) is 4.79 Å². The minimum atomic E-state index is -0.446. The highest BCUT2D eigenvalue weighted by Gasteiger charge is 2.15. The zero-order valence-corrected chi connectivity index (χ0v) is 18.1. The van der Waals surface area contributed by atoms with E-state index in [4.69, 9.17) is 9.47 Å². The Balaban J connectivity index is 1.67. The molecular weight excluding hydrogens is 408 g/mol. The second kappa shape index (κ2) is 10.3. The van der Waals surface area contributed by atoms with E-state index in [9.17, 15) is 14.4 Å². The van der Waals surface area contributed by atoms with Crippen LogP contribution in [0.4, 0.5) is 11.4 Å². The number of anilines is 2. The van der Waals surface area contributed by atoms with Crippen molar-refractivity contribution in [3.05, 3.63) is 83.4 Å². The fourth-order valence-electron chi connectivity index (χ4n) is 3.05. The first-order valence-electron chi connectivity index (χ1n) is 9.96. The van der Waals surface area contributed by atoms with E-state index < -0.39 is 5.91 Å². The molecule has 3 aromatic rings. The fourth-order valence-corrected chi connectivity index (χ4v) is 3.05. The summed E-state index contributed by atoms with van der Waals surface area (Å²) in [4.78, 5) is 36.7. The molecule has 0 bridgehead atoms. The number of rotatable bonds is 8. The number of methoxy groups -OCH3 is 1. The van der Waals surface area contributed by atoms with E-state index in [0.717, 1.165) is 5.56 Å². The number of ether oxygens (including phenoxy) is 2. The maximum Gasteiger partial charge on any atom is 0.262 e. The van der Waals surface area contributed by atoms with Gasteiger partial charge in [-0.05, 0) is 61.9 Å². The van der Waals surface area contributed by atoms with Crippen LogP contribution in [0.5, 0.6) is 11.5 Å². The number of para-hydroxylation sites is 1. The van der Waals surface area contributed by atoms with Gasteiger partial charge in [0.1, 0.15) is 0 Å². The van der Waals surface area contributed by atoms with Crippen LogP contribution in [0, 0.1) is 6.92 Å². The first-order chi connectivity index (χ1) is 15.4. The minimum Gasteiger partial charge on any atom is -0.493 e. The molecule has 0 radical (unpaired) electrons. The number of carbonyl (C=O) groups excluding carboxylic acids is 3. The molecule has 3 aromatic carbocycles. The first kappa shape index (κ1) is 22.6. The number of nitrogens with one attached hydrogen (secondary N) is 2. The van der Waals surface area contributed by atoms with E-state index in [-0.39, 0.29) is 18.3 Å². The van der Waals surface area contributed by atoms with Crippen molar-refractivity contribution in [2.24, 2.45) is 0 Å². The van der Waals surface area contributed by atoms with E-state index in [1.54, 1.807) is 48.5 Å². The molecule has 0 atom stereocenters. The largest absolute Gasteiger partial charge is 0.493 e. The van der Waals surface area contributed by atoms with Gasteiger partial charge < -0.3 is 20.1 Å². The van der Waals surface area contributed by atoms with Crippen molar-refractivity contribution in [3.63, 3.8) is 0 Å². The Kier molecular flexibility index (Phi) is 7.23. The third-order valence-electron chi connectivity index (χ3n) is 4.65. The standard InChI is InChI=1S/C25H24N2O5/c1-16-7-6-8-19(13-16)26-25(30)20-9-4-5-10-21(20)27-24(29)15-32-22-12-11-18(17(2)28)14-23(22)31-3/h4-14H,15H2,1-3H3,(H,26,30)(H,27,29). The molecule has 0 aliphatic carbocycles. The van der Waals surface area contributed by atoms with Gasteiger partial charge in [0.15, 0.2) is 23.9 Å². The molecule has 164 valence electrons. The quantitative estimate of drug-likeness (QED) is 0.512. The van der Waals surface area contributed by atoms with Gasteiger partial charge in [-0.3, -0.25) is 14.4 Å². The number of Topliss-reactive ketones (excluding diaryl/α,β-unsaturated/α-hetero) is 1. The Morgan fingerprint density at radius 3 is 2.38 bits per heavy atom. The van der Waals surface area contributed by atoms with Crippen LogP contribution in [0.15, 0.2) is 66.7 Å². The fraction of sp³-hybridized carbons (Fsp3) is 0.160. The van der Waals surface area contributed by atoms with Crippen LogP contribution in [0.1, 0.15) is 33.2 Å². The molecular formula is C25H24N2O5. The first-order valence-corrected chi connectivity index (χ1v) is 9.96. The van der Waals surface area contributed by atoms with E-state index >= 15 is 0 Å². The summed E-state index contributed by atoms with van der Waals surface area (Å²) in [5.74, 6) is -0.206. The molecule has 7 nitrogen and oxygen atoms in total. The molecule has 2 amide bonds. The maximum absolute atomic E-state index is 12.7. The predicted molar refractivity (Wildman–Crippen MR) is 123 cm³/mol. The van der Waals surface area contributed by atoms with Crippen LogP contribution in [0.3, 0.4) is 0 Å². The second-order valence-electron chi connectivity index (χ2n) is 7.13. The van der Waals surface area contributed by atoms with Gasteiger partial charge in [0.2, 0.25) is 0 Å². The van der Waals surface area contributed by atoms with Gasteiger partial charge >= 0.3 is 0 Å². The molecule has 0 aliphatic heterocycles. The average Bonchev–Trinajstić information content (AvgIpc) is 2.77. The molecule has 32 heavy (non-hydrogen) atoms. The third kappa shape index (κ3) is 5.72. The van der Waals surface area contributed by atoms with Gasteiger partial charge in [0.05, 0.1) is 18.4 Å². The lowest BCUT2D eigenvalue weighted by Crippen LogP contribution is -2.23. The average molecular weight is 432 g/mol. The number of benzene rings is 3. The van der Waals surface area contributed by atoms with Crippen molar-refractivity contribution in [1.82, 2.24) is 0 Å². The molecule has 0 fully saturated rings. The van der Waals surface area contributed by atoms with Gasteiger partial charge in [-0.1, -0.05) is 24.3 Å². The smallest absolute Gasteiger partial charge is 0.262 e. The molecule has 0 heterocycles. The lowest BCUT2D eigenvalue weighted by atomic mass is 10.1. The van der Waals surface area contributed by atoms with E-state index in [1.807, 2.05) is 25.1 Å². The van der Waals surface area contributed by atoms with Crippen molar-refractivity contribution < 1.29 is 23.9 Å². The highest BCUT2D eigenvalue weighted by atomic mass is 16.5. The van der Waals surface area contributed by atoms with Gasteiger partial charge in [0, 0.05) is 11.3 Å². The summed E-state index contributed by atoms with van der Waals surface area (Å²) < 4.78 is 10.8. The molecule has 0 saturated carbocycles. The van der Waals surface area contributed by atoms with E-state index in [0.29, 0.717) is 34.0 Å². The number of carbonyl (C=O) groups is 3. The van der Waals surface area contributed by atoms with Crippen molar-refractivity contribution in [2.45, 2.75) is 13.8 Å². The SMILES string of the molecule is COc1cc(C(C)=O)ccc1OCC(=O)Nc1ccccc1C(=O)Nc1cccc(C)c1. The number of aryl methyl sites for hydroxylation is 1. The predicted octanol–water partition coefficient (Wildman–Crippen LogP) is 4.48. The van der Waals surface area contributed by atoms with Crippen LogP contribution >= 0.6 is 0 Å². The van der Waals surface area contributed by atoms with Crippen molar-refractivity contribution in [2.75, 3.05) is 24.4 Å². The molecule has 0 aliphatic rings. The summed E-state index contributed by atoms with van der Waals surface area (Å²) in [5, 5.41) is 5.54. The zero-order valence-electron chi connectivity index (χ0n) is 18.1. The van der Waals surface area contributed by atoms with Crippen LogP contribution in [0.25, 0.3) is 0 Å². The molecule has 0 unspecified atom stereocenters. The summed E-state index contributed by atoms with van der Waals surface area (Å²) in [7, 11) is 1.45. The molecule has 3 rings (SSSR count). The van der Waals surface area contributed by atoms with Crippen LogP contribution < -0.4 is 20.1 Å². The number of ketones is 1. The summed E-state index contributed by atoms with van der Waals surface area (Å²) >= 11 is 0. The number of hydrogen-bond donors (Lipinski definition) is 2. The Morgan fingerprint density at radius 1 is 0.875 bits per heavy atom. The Hall–Kier alpha value is -4.13. The lowest BCUT2D eigenvalue weighted by Gasteiger charge is -2.13. The van der Waals surface area contributed by atoms with Gasteiger partial charge in [-0.15, -0.1) is 0 Å². The third-order valence-corrected chi connectivity index (χ3v) is 4.65. The Morgan fingerprint density at radius 2 is 1.66 bits per heavy atom. The molecule has 0 aromatic heterocycles. The molecule has 0 saturated heterocycles. The van der Waals surface area contributed by atoms with Gasteiger partial charge in [0.25, 0.3) is 11.8 Å². The zero-order chi connectivity index (χ0) is 23.1. The highest BCUT2D eigenvalue weighted by molar-refractivity contribution is 6.10. The summed E-state index contributed by atoms with van der Waals surface area (Å²) in [6.45, 7) is 3.09. The Labute approximate surface area is 186 Å². The second-order valence-corrected chi connectivity index (χ2v) is 7.13. The van der Waals surface area contributed by atoms with Crippen molar-refractivity contribution in [3.8, 4) is 11.5 Å². The molecule has 0 spiro atoms. The lowest BCUT2D eigenvalue weighted by molar-refractivity contribution is -0.118. The highest BCUT2D eigenvalue weighted by Crippen LogP contribution is 2.28. The molecule has 7 heteroatoms. The number of hydrogen-bond acceptors (Lipinski definition) is 5. The maximum atomic E-state index is 12.7. The van der Waals surface area contributed by atoms with E-state index in [2.05, 4.69) is 10.6 Å². The topological polar surface area (TPSA) is 93.7 Å². The van der Waals surface area contributed by atoms with E-state index in [1.165, 1.54) is 14.0 Å². The van der Waals surface area contributed by atoms with Crippen molar-refractivity contribution in [1.29, 1.82) is 0 Å². The summed E-state index contributed by atoms with van der Waals surface area (Å²) in [6, 6.07) is 18.9. The normalized spacial score (nSPS) is 10.2. The van der Waals surface area contributed by atoms with Crippen molar-refractivity contribution >= 4 is 29.0 Å². The minimum absolute atomic E-state index is 0.104. The summed E-state index contributed by atoms with van der Waals surface area (Å²) in [6.07, 6.45) is 0. The summed E-state index contributed by atoms with van der Waals surface area (Å²) in [5.41, 5.74) is 2.86. The van der Waals surface area contributed by atoms with Crippen LogP contribution in [0.2, 0.25) is 0 Å². The monoisotopic (exact) mass is 432 g/mol. The van der Waals surface area contributed by atoms with Gasteiger partial charge in [-0.25, -0.2) is 0 Å². The number of amides is 2. The van der Waals surface area contributed by atoms with Crippen LogP contribution in [-0.4, -0.2) is 31.3 Å². The molecule has 2 N–H and O–H groups in total.